The molecule has 4 unspecified atom stereocenters. The number of hydroxylamine groups is 1. The lowest BCUT2D eigenvalue weighted by atomic mass is 9.84. The lowest BCUT2D eigenvalue weighted by Crippen LogP contribution is -2.68. The van der Waals surface area contributed by atoms with E-state index < -0.39 is 19.9 Å². The average molecular weight is 566 g/mol. The van der Waals surface area contributed by atoms with Gasteiger partial charge in [0.15, 0.2) is 0 Å². The highest BCUT2D eigenvalue weighted by molar-refractivity contribution is 6.99. The maximum atomic E-state index is 11.3. The molecule has 0 aromatic heterocycles. The molecule has 6 atom stereocenters. The van der Waals surface area contributed by atoms with Crippen LogP contribution < -0.4 is 15.9 Å². The predicted molar refractivity (Wildman–Crippen MR) is 154 cm³/mol. The van der Waals surface area contributed by atoms with E-state index in [4.69, 9.17) is 23.8 Å². The maximum Gasteiger partial charge on any atom is 0.261 e. The van der Waals surface area contributed by atoms with Crippen molar-refractivity contribution < 1.29 is 28.6 Å². The van der Waals surface area contributed by atoms with Crippen LogP contribution in [0.25, 0.3) is 0 Å². The third-order valence-electron chi connectivity index (χ3n) is 9.52. The lowest BCUT2D eigenvalue weighted by Gasteiger charge is -2.47. The number of nitrogens with one attached hydrogen (secondary N) is 1. The van der Waals surface area contributed by atoms with Gasteiger partial charge in [0.05, 0.1) is 12.7 Å². The second kappa shape index (κ2) is 10.6. The first kappa shape index (κ1) is 28.1. The molecule has 1 heterocycles. The van der Waals surface area contributed by atoms with E-state index >= 15 is 0 Å². The second-order valence-corrected chi connectivity index (χ2v) is 17.6. The van der Waals surface area contributed by atoms with Crippen LogP contribution in [-0.2, 0) is 28.6 Å². The molecule has 40 heavy (non-hydrogen) atoms. The molecule has 216 valence electrons. The van der Waals surface area contributed by atoms with Crippen LogP contribution >= 0.6 is 0 Å². The Morgan fingerprint density at radius 1 is 1.00 bits per heavy atom. The van der Waals surface area contributed by atoms with Crippen molar-refractivity contribution in [2.75, 3.05) is 6.61 Å². The number of hydrogen-bond acceptors (Lipinski definition) is 6. The molecule has 2 aromatic carbocycles. The highest BCUT2D eigenvalue weighted by Crippen LogP contribution is 2.61. The van der Waals surface area contributed by atoms with E-state index in [0.717, 1.165) is 38.5 Å². The first-order valence-electron chi connectivity index (χ1n) is 14.9. The van der Waals surface area contributed by atoms with Crippen LogP contribution in [0.2, 0.25) is 5.04 Å². The molecule has 2 aromatic rings. The molecular formula is C32H43NO6Si. The summed E-state index contributed by atoms with van der Waals surface area (Å²) in [6, 6.07) is 21.6. The van der Waals surface area contributed by atoms with Crippen molar-refractivity contribution >= 4 is 24.6 Å². The number of rotatable bonds is 7. The minimum absolute atomic E-state index is 0.0173. The molecule has 6 rings (SSSR count). The quantitative estimate of drug-likeness (QED) is 0.290. The Kier molecular flexibility index (Phi) is 7.47. The SMILES string of the molecule is CC(=O)NOCC1CC2CC1C1(C2)OO[C@]2(CCC[C@@H](O[Si](c3ccccc3)(c3ccccc3)C(C)(C)C)C2)O1. The highest BCUT2D eigenvalue weighted by Gasteiger charge is 2.66. The van der Waals surface area contributed by atoms with Gasteiger partial charge in [-0.1, -0.05) is 81.4 Å². The summed E-state index contributed by atoms with van der Waals surface area (Å²) in [4.78, 5) is 29.2. The van der Waals surface area contributed by atoms with Crippen molar-refractivity contribution in [1.29, 1.82) is 0 Å². The predicted octanol–water partition coefficient (Wildman–Crippen LogP) is 4.99. The maximum absolute atomic E-state index is 11.3. The van der Waals surface area contributed by atoms with Gasteiger partial charge in [-0.2, -0.15) is 9.78 Å². The first-order valence-corrected chi connectivity index (χ1v) is 16.8. The van der Waals surface area contributed by atoms with Gasteiger partial charge in [0, 0.05) is 32.1 Å². The van der Waals surface area contributed by atoms with Crippen LogP contribution in [0.1, 0.15) is 72.6 Å². The number of benzene rings is 2. The Labute approximate surface area is 238 Å². The van der Waals surface area contributed by atoms with Gasteiger partial charge >= 0.3 is 0 Å². The van der Waals surface area contributed by atoms with Gasteiger partial charge in [0.2, 0.25) is 17.5 Å². The van der Waals surface area contributed by atoms with Crippen LogP contribution in [0.4, 0.5) is 0 Å². The fourth-order valence-corrected chi connectivity index (χ4v) is 12.7. The summed E-state index contributed by atoms with van der Waals surface area (Å²) in [5.41, 5.74) is 2.47. The molecule has 4 aliphatic rings. The zero-order valence-corrected chi connectivity index (χ0v) is 25.2. The van der Waals surface area contributed by atoms with Gasteiger partial charge in [0.1, 0.15) is 0 Å². The monoisotopic (exact) mass is 565 g/mol. The summed E-state index contributed by atoms with van der Waals surface area (Å²) in [6.07, 6.45) is 6.27. The third kappa shape index (κ3) is 4.97. The number of carbonyl (C=O) groups excluding carboxylic acids is 1. The zero-order chi connectivity index (χ0) is 28.0. The van der Waals surface area contributed by atoms with E-state index in [1.165, 1.54) is 17.3 Å². The highest BCUT2D eigenvalue weighted by atomic mass is 28.4. The average Bonchev–Trinajstić information content (AvgIpc) is 3.60. The fourth-order valence-electron chi connectivity index (χ4n) is 8.00. The van der Waals surface area contributed by atoms with Crippen LogP contribution in [0, 0.1) is 17.8 Å². The summed E-state index contributed by atoms with van der Waals surface area (Å²) < 4.78 is 14.4. The standard InChI is InChI=1S/C32H43NO6Si/c1-23(34)33-35-22-25-18-24-19-29(25)32(20-24)37-31(38-39-32)17-11-12-26(21-31)36-40(30(2,3)4,27-13-7-5-8-14-27)28-15-9-6-10-16-28/h5-10,13-16,24-26,29H,11-12,17-22H2,1-4H3,(H,33,34)/t24?,25?,26-,29?,31+,32?/m1/s1. The smallest absolute Gasteiger partial charge is 0.261 e. The van der Waals surface area contributed by atoms with Gasteiger partial charge in [-0.15, -0.1) is 0 Å². The number of carbonyl (C=O) groups is 1. The van der Waals surface area contributed by atoms with Gasteiger partial charge in [-0.05, 0) is 52.9 Å². The second-order valence-electron chi connectivity index (χ2n) is 13.4. The number of amides is 1. The van der Waals surface area contributed by atoms with Gasteiger partial charge in [-0.3, -0.25) is 9.63 Å². The molecule has 2 spiro atoms. The summed E-state index contributed by atoms with van der Waals surface area (Å²) in [5.74, 6) is -0.778. The Morgan fingerprint density at radius 2 is 1.68 bits per heavy atom. The van der Waals surface area contributed by atoms with E-state index in [-0.39, 0.29) is 28.9 Å². The van der Waals surface area contributed by atoms with Gasteiger partial charge in [0.25, 0.3) is 8.32 Å². The minimum atomic E-state index is -2.70. The molecular weight excluding hydrogens is 522 g/mol. The summed E-state index contributed by atoms with van der Waals surface area (Å²) in [5, 5.41) is 2.47. The third-order valence-corrected chi connectivity index (χ3v) is 14.6. The number of hydrogen-bond donors (Lipinski definition) is 1. The van der Waals surface area contributed by atoms with Crippen molar-refractivity contribution in [2.45, 2.75) is 95.4 Å². The molecule has 3 aliphatic carbocycles. The summed E-state index contributed by atoms with van der Waals surface area (Å²) in [6.45, 7) is 8.87. The minimum Gasteiger partial charge on any atom is -0.404 e. The van der Waals surface area contributed by atoms with Crippen molar-refractivity contribution in [3.63, 3.8) is 0 Å². The summed E-state index contributed by atoms with van der Waals surface area (Å²) in [7, 11) is -2.70. The van der Waals surface area contributed by atoms with Crippen LogP contribution in [0.5, 0.6) is 0 Å². The molecule has 1 saturated heterocycles. The molecule has 8 heteroatoms. The van der Waals surface area contributed by atoms with Gasteiger partial charge < -0.3 is 9.16 Å². The zero-order valence-electron chi connectivity index (χ0n) is 24.2. The van der Waals surface area contributed by atoms with Crippen molar-refractivity contribution in [1.82, 2.24) is 5.48 Å². The largest absolute Gasteiger partial charge is 0.404 e. The van der Waals surface area contributed by atoms with E-state index in [1.54, 1.807) is 0 Å². The van der Waals surface area contributed by atoms with E-state index in [2.05, 4.69) is 86.9 Å². The molecule has 1 aliphatic heterocycles. The van der Waals surface area contributed by atoms with Crippen LogP contribution in [-0.4, -0.2) is 38.5 Å². The van der Waals surface area contributed by atoms with Crippen molar-refractivity contribution in [3.8, 4) is 0 Å². The molecule has 0 radical (unpaired) electrons. The van der Waals surface area contributed by atoms with E-state index in [9.17, 15) is 4.79 Å². The first-order chi connectivity index (χ1) is 19.1. The molecule has 1 N–H and O–H groups in total. The van der Waals surface area contributed by atoms with E-state index in [0.29, 0.717) is 18.9 Å². The Morgan fingerprint density at radius 3 is 2.27 bits per heavy atom. The van der Waals surface area contributed by atoms with Crippen LogP contribution in [0.15, 0.2) is 60.7 Å². The number of ether oxygens (including phenoxy) is 1. The van der Waals surface area contributed by atoms with Crippen LogP contribution in [0.3, 0.4) is 0 Å². The molecule has 7 nitrogen and oxygen atoms in total. The Balaban J connectivity index is 1.24. The molecule has 3 saturated carbocycles. The molecule has 1 amide bonds. The topological polar surface area (TPSA) is 75.3 Å². The number of fused-ring (bicyclic) bond motifs is 3. The summed E-state index contributed by atoms with van der Waals surface area (Å²) >= 11 is 0. The lowest BCUT2D eigenvalue weighted by molar-refractivity contribution is -0.366. The Bertz CT molecular complexity index is 1150. The van der Waals surface area contributed by atoms with Crippen molar-refractivity contribution in [2.24, 2.45) is 17.8 Å². The van der Waals surface area contributed by atoms with E-state index in [1.807, 2.05) is 0 Å². The molecule has 4 fully saturated rings. The Hall–Kier alpha value is -2.07. The normalized spacial score (nSPS) is 33.6. The fraction of sp³-hybridized carbons (Fsp3) is 0.594. The van der Waals surface area contributed by atoms with Gasteiger partial charge in [-0.25, -0.2) is 5.48 Å². The molecule has 2 bridgehead atoms. The van der Waals surface area contributed by atoms with Crippen molar-refractivity contribution in [3.05, 3.63) is 60.7 Å².